The van der Waals surface area contributed by atoms with Gasteiger partial charge in [-0.25, -0.2) is 0 Å². The number of ether oxygens (including phenoxy) is 3. The van der Waals surface area contributed by atoms with Crippen molar-refractivity contribution < 1.29 is 14.2 Å². The molecule has 110 valence electrons. The molecule has 1 aromatic heterocycles. The van der Waals surface area contributed by atoms with Crippen molar-refractivity contribution in [1.82, 2.24) is 15.0 Å². The van der Waals surface area contributed by atoms with E-state index >= 15 is 0 Å². The first-order chi connectivity index (χ1) is 10.3. The third kappa shape index (κ3) is 2.81. The van der Waals surface area contributed by atoms with E-state index in [2.05, 4.69) is 20.3 Å². The number of fused-ring (bicyclic) bond motifs is 1. The number of rotatable bonds is 4. The summed E-state index contributed by atoms with van der Waals surface area (Å²) in [5, 5.41) is 3.28. The van der Waals surface area contributed by atoms with Gasteiger partial charge in [-0.2, -0.15) is 9.97 Å². The standard InChI is InChI=1S/C14H16N4O3/c1-19-13-16-12(17-14(18-13)20-2)15-10-7-8-21-11-6-4-3-5-9(10)11/h3-6,10H,7-8H2,1-2H3,(H,15,16,17,18). The van der Waals surface area contributed by atoms with Crippen molar-refractivity contribution in [2.24, 2.45) is 0 Å². The number of anilines is 1. The molecular weight excluding hydrogens is 272 g/mol. The van der Waals surface area contributed by atoms with Crippen LogP contribution in [0.3, 0.4) is 0 Å². The number of hydrogen-bond acceptors (Lipinski definition) is 7. The lowest BCUT2D eigenvalue weighted by Gasteiger charge is -2.26. The Morgan fingerprint density at radius 2 is 1.81 bits per heavy atom. The normalized spacial score (nSPS) is 16.6. The maximum atomic E-state index is 5.64. The van der Waals surface area contributed by atoms with E-state index < -0.39 is 0 Å². The Hall–Kier alpha value is -2.57. The highest BCUT2D eigenvalue weighted by Crippen LogP contribution is 2.33. The lowest BCUT2D eigenvalue weighted by molar-refractivity contribution is 0.273. The van der Waals surface area contributed by atoms with Gasteiger partial charge in [-0.05, 0) is 6.07 Å². The van der Waals surface area contributed by atoms with Gasteiger partial charge in [-0.3, -0.25) is 0 Å². The van der Waals surface area contributed by atoms with Gasteiger partial charge in [0.1, 0.15) is 5.75 Å². The van der Waals surface area contributed by atoms with Gasteiger partial charge in [0, 0.05) is 12.0 Å². The van der Waals surface area contributed by atoms with Crippen molar-refractivity contribution in [2.75, 3.05) is 26.1 Å². The summed E-state index contributed by atoms with van der Waals surface area (Å²) in [4.78, 5) is 12.4. The molecule has 1 aromatic carbocycles. The van der Waals surface area contributed by atoms with Crippen LogP contribution in [0, 0.1) is 0 Å². The van der Waals surface area contributed by atoms with Gasteiger partial charge >= 0.3 is 12.0 Å². The van der Waals surface area contributed by atoms with Crippen molar-refractivity contribution >= 4 is 5.95 Å². The molecule has 7 heteroatoms. The van der Waals surface area contributed by atoms with Crippen molar-refractivity contribution in [3.63, 3.8) is 0 Å². The zero-order chi connectivity index (χ0) is 14.7. The fourth-order valence-electron chi connectivity index (χ4n) is 2.23. The largest absolute Gasteiger partial charge is 0.493 e. The minimum atomic E-state index is 0.0757. The zero-order valence-electron chi connectivity index (χ0n) is 11.9. The molecule has 7 nitrogen and oxygen atoms in total. The molecule has 0 radical (unpaired) electrons. The summed E-state index contributed by atoms with van der Waals surface area (Å²) in [6.07, 6.45) is 0.827. The average Bonchev–Trinajstić information content (AvgIpc) is 2.55. The summed E-state index contributed by atoms with van der Waals surface area (Å²) in [5.41, 5.74) is 1.09. The lowest BCUT2D eigenvalue weighted by atomic mass is 10.0. The molecule has 0 aliphatic carbocycles. The molecule has 0 spiro atoms. The summed E-state index contributed by atoms with van der Waals surface area (Å²) in [6, 6.07) is 8.42. The quantitative estimate of drug-likeness (QED) is 0.919. The molecule has 2 heterocycles. The van der Waals surface area contributed by atoms with Crippen molar-refractivity contribution in [3.8, 4) is 17.8 Å². The second kappa shape index (κ2) is 5.82. The monoisotopic (exact) mass is 288 g/mol. The predicted molar refractivity (Wildman–Crippen MR) is 75.8 cm³/mol. The number of methoxy groups -OCH3 is 2. The molecule has 1 atom stereocenters. The van der Waals surface area contributed by atoms with Crippen LogP contribution < -0.4 is 19.5 Å². The van der Waals surface area contributed by atoms with Crippen LogP contribution >= 0.6 is 0 Å². The lowest BCUT2D eigenvalue weighted by Crippen LogP contribution is -2.21. The molecule has 0 amide bonds. The van der Waals surface area contributed by atoms with E-state index in [0.29, 0.717) is 12.6 Å². The van der Waals surface area contributed by atoms with Gasteiger partial charge in [0.2, 0.25) is 5.95 Å². The third-order valence-electron chi connectivity index (χ3n) is 3.22. The molecule has 0 saturated carbocycles. The van der Waals surface area contributed by atoms with Crippen LogP contribution in [0.25, 0.3) is 0 Å². The van der Waals surface area contributed by atoms with Crippen molar-refractivity contribution in [2.45, 2.75) is 12.5 Å². The van der Waals surface area contributed by atoms with Crippen LogP contribution in [-0.4, -0.2) is 35.8 Å². The Kier molecular flexibility index (Phi) is 3.72. The zero-order valence-corrected chi connectivity index (χ0v) is 11.9. The maximum absolute atomic E-state index is 5.64. The molecule has 1 unspecified atom stereocenters. The van der Waals surface area contributed by atoms with Gasteiger partial charge in [0.15, 0.2) is 0 Å². The maximum Gasteiger partial charge on any atom is 0.324 e. The highest BCUT2D eigenvalue weighted by molar-refractivity contribution is 5.42. The summed E-state index contributed by atoms with van der Waals surface area (Å²) in [7, 11) is 3.00. The van der Waals surface area contributed by atoms with Crippen LogP contribution in [0.5, 0.6) is 17.8 Å². The minimum Gasteiger partial charge on any atom is -0.493 e. The average molecular weight is 288 g/mol. The predicted octanol–water partition coefficient (Wildman–Crippen LogP) is 1.82. The van der Waals surface area contributed by atoms with Crippen LogP contribution in [0.2, 0.25) is 0 Å². The number of aromatic nitrogens is 3. The number of para-hydroxylation sites is 1. The molecule has 0 saturated heterocycles. The van der Waals surface area contributed by atoms with Crippen molar-refractivity contribution in [3.05, 3.63) is 29.8 Å². The first-order valence-corrected chi connectivity index (χ1v) is 6.62. The topological polar surface area (TPSA) is 78.4 Å². The highest BCUT2D eigenvalue weighted by Gasteiger charge is 2.22. The van der Waals surface area contributed by atoms with E-state index in [1.807, 2.05) is 24.3 Å². The Morgan fingerprint density at radius 1 is 1.10 bits per heavy atom. The van der Waals surface area contributed by atoms with Gasteiger partial charge < -0.3 is 19.5 Å². The van der Waals surface area contributed by atoms with E-state index in [1.54, 1.807) is 0 Å². The fraction of sp³-hybridized carbons (Fsp3) is 0.357. The smallest absolute Gasteiger partial charge is 0.324 e. The molecule has 3 rings (SSSR count). The second-order valence-electron chi connectivity index (χ2n) is 4.50. The molecule has 1 aliphatic heterocycles. The molecule has 2 aromatic rings. The summed E-state index contributed by atoms with van der Waals surface area (Å²) >= 11 is 0. The number of hydrogen-bond donors (Lipinski definition) is 1. The Morgan fingerprint density at radius 3 is 2.52 bits per heavy atom. The van der Waals surface area contributed by atoms with E-state index in [0.717, 1.165) is 17.7 Å². The van der Waals surface area contributed by atoms with Gasteiger partial charge in [0.05, 0.1) is 26.9 Å². The molecule has 0 bridgehead atoms. The van der Waals surface area contributed by atoms with Gasteiger partial charge in [-0.15, -0.1) is 4.98 Å². The van der Waals surface area contributed by atoms with Crippen LogP contribution in [0.1, 0.15) is 18.0 Å². The molecule has 1 aliphatic rings. The van der Waals surface area contributed by atoms with E-state index in [9.17, 15) is 0 Å². The highest BCUT2D eigenvalue weighted by atomic mass is 16.5. The van der Waals surface area contributed by atoms with Crippen LogP contribution in [-0.2, 0) is 0 Å². The van der Waals surface area contributed by atoms with Crippen LogP contribution in [0.15, 0.2) is 24.3 Å². The first kappa shape index (κ1) is 13.4. The number of benzene rings is 1. The summed E-state index contributed by atoms with van der Waals surface area (Å²) in [5.74, 6) is 1.30. The third-order valence-corrected chi connectivity index (χ3v) is 3.22. The summed E-state index contributed by atoms with van der Waals surface area (Å²) < 4.78 is 15.7. The molecule has 0 fully saturated rings. The molecule has 21 heavy (non-hydrogen) atoms. The van der Waals surface area contributed by atoms with E-state index in [4.69, 9.17) is 14.2 Å². The minimum absolute atomic E-state index is 0.0757. The number of nitrogens with one attached hydrogen (secondary N) is 1. The van der Waals surface area contributed by atoms with Crippen molar-refractivity contribution in [1.29, 1.82) is 0 Å². The van der Waals surface area contributed by atoms with E-state index in [-0.39, 0.29) is 18.1 Å². The van der Waals surface area contributed by atoms with E-state index in [1.165, 1.54) is 14.2 Å². The Balaban J connectivity index is 1.87. The summed E-state index contributed by atoms with van der Waals surface area (Å²) in [6.45, 7) is 0.647. The van der Waals surface area contributed by atoms with Gasteiger partial charge in [0.25, 0.3) is 0 Å². The Labute approximate surface area is 122 Å². The van der Waals surface area contributed by atoms with Crippen LogP contribution in [0.4, 0.5) is 5.95 Å². The second-order valence-corrected chi connectivity index (χ2v) is 4.50. The first-order valence-electron chi connectivity index (χ1n) is 6.62. The number of nitrogens with zero attached hydrogens (tertiary/aromatic N) is 3. The SMILES string of the molecule is COc1nc(NC2CCOc3ccccc32)nc(OC)n1. The Bertz CT molecular complexity index is 613. The molecule has 1 N–H and O–H groups in total. The fourth-order valence-corrected chi connectivity index (χ4v) is 2.23. The van der Waals surface area contributed by atoms with Gasteiger partial charge in [-0.1, -0.05) is 18.2 Å². The molecular formula is C14H16N4O3.